The number of benzene rings is 1. The van der Waals surface area contributed by atoms with Crippen LogP contribution in [0.3, 0.4) is 0 Å². The van der Waals surface area contributed by atoms with Crippen molar-refractivity contribution >= 4 is 16.4 Å². The molecule has 1 saturated heterocycles. The maximum absolute atomic E-state index is 4.87. The number of fused-ring (bicyclic) bond motifs is 3. The molecule has 0 amide bonds. The fourth-order valence-electron chi connectivity index (χ4n) is 2.99. The number of aromatic nitrogens is 3. The van der Waals surface area contributed by atoms with Crippen LogP contribution < -0.4 is 5.32 Å². The van der Waals surface area contributed by atoms with Crippen molar-refractivity contribution in [1.29, 1.82) is 0 Å². The van der Waals surface area contributed by atoms with Crippen molar-refractivity contribution in [1.82, 2.24) is 19.9 Å². The summed E-state index contributed by atoms with van der Waals surface area (Å²) in [5.74, 6) is 1.62. The quantitative estimate of drug-likeness (QED) is 0.723. The van der Waals surface area contributed by atoms with Crippen LogP contribution in [0.2, 0.25) is 0 Å². The molecule has 4 nitrogen and oxygen atoms in total. The van der Waals surface area contributed by atoms with E-state index in [0.717, 1.165) is 37.3 Å². The second-order valence-electron chi connectivity index (χ2n) is 5.14. The number of nitrogens with zero attached hydrogens (tertiary/aromatic N) is 3. The molecule has 0 bridgehead atoms. The summed E-state index contributed by atoms with van der Waals surface area (Å²) in [6, 6.07) is 10.4. The summed E-state index contributed by atoms with van der Waals surface area (Å²) in [6.07, 6.45) is 4.15. The largest absolute Gasteiger partial charge is 0.317 e. The molecule has 0 unspecified atom stereocenters. The first kappa shape index (κ1) is 10.9. The highest BCUT2D eigenvalue weighted by molar-refractivity contribution is 5.93. The highest BCUT2D eigenvalue weighted by Gasteiger charge is 2.20. The Bertz CT molecular complexity index is 725. The fourth-order valence-corrected chi connectivity index (χ4v) is 2.99. The number of rotatable bonds is 1. The van der Waals surface area contributed by atoms with Crippen molar-refractivity contribution in [2.45, 2.75) is 18.8 Å². The standard InChI is InChI=1S/C15H16N4/c1-2-4-13-12(3-1)14-7-10-17-19(14)15(18-13)11-5-8-16-9-6-11/h1-4,7,10-11,16H,5-6,8-9H2. The van der Waals surface area contributed by atoms with Gasteiger partial charge in [-0.1, -0.05) is 18.2 Å². The summed E-state index contributed by atoms with van der Waals surface area (Å²) in [4.78, 5) is 4.87. The minimum absolute atomic E-state index is 0.508. The zero-order chi connectivity index (χ0) is 12.7. The maximum Gasteiger partial charge on any atom is 0.134 e. The SMILES string of the molecule is c1ccc2c(c1)nc(C1CCNCC1)n1nccc21. The second-order valence-corrected chi connectivity index (χ2v) is 5.14. The molecule has 96 valence electrons. The summed E-state index contributed by atoms with van der Waals surface area (Å²) in [5.41, 5.74) is 2.24. The smallest absolute Gasteiger partial charge is 0.134 e. The van der Waals surface area contributed by atoms with Crippen LogP contribution in [0.1, 0.15) is 24.6 Å². The first-order chi connectivity index (χ1) is 9.43. The molecule has 0 aliphatic carbocycles. The Hall–Kier alpha value is -1.94. The monoisotopic (exact) mass is 252 g/mol. The number of para-hydroxylation sites is 1. The van der Waals surface area contributed by atoms with Crippen LogP contribution >= 0.6 is 0 Å². The number of hydrogen-bond acceptors (Lipinski definition) is 3. The molecule has 1 fully saturated rings. The Morgan fingerprint density at radius 2 is 1.95 bits per heavy atom. The number of nitrogens with one attached hydrogen (secondary N) is 1. The maximum atomic E-state index is 4.87. The third-order valence-electron chi connectivity index (χ3n) is 3.98. The molecule has 0 atom stereocenters. The molecule has 1 aliphatic rings. The van der Waals surface area contributed by atoms with Crippen molar-refractivity contribution in [3.63, 3.8) is 0 Å². The van der Waals surface area contributed by atoms with Crippen molar-refractivity contribution in [3.05, 3.63) is 42.4 Å². The number of hydrogen-bond donors (Lipinski definition) is 1. The summed E-state index contributed by atoms with van der Waals surface area (Å²) < 4.78 is 2.03. The van der Waals surface area contributed by atoms with Crippen LogP contribution in [-0.2, 0) is 0 Å². The van der Waals surface area contributed by atoms with E-state index in [-0.39, 0.29) is 0 Å². The van der Waals surface area contributed by atoms with E-state index in [1.807, 2.05) is 10.7 Å². The van der Waals surface area contributed by atoms with Crippen LogP contribution in [0.4, 0.5) is 0 Å². The molecule has 19 heavy (non-hydrogen) atoms. The summed E-state index contributed by atoms with van der Waals surface area (Å²) in [6.45, 7) is 2.14. The molecule has 4 heteroatoms. The molecule has 1 N–H and O–H groups in total. The molecule has 0 spiro atoms. The van der Waals surface area contributed by atoms with Gasteiger partial charge in [0.2, 0.25) is 0 Å². The molecule has 2 aromatic heterocycles. The van der Waals surface area contributed by atoms with Crippen molar-refractivity contribution in [2.24, 2.45) is 0 Å². The Labute approximate surface area is 111 Å². The minimum atomic E-state index is 0.508. The predicted molar refractivity (Wildman–Crippen MR) is 75.3 cm³/mol. The Kier molecular flexibility index (Phi) is 2.48. The lowest BCUT2D eigenvalue weighted by Gasteiger charge is -2.22. The van der Waals surface area contributed by atoms with Gasteiger partial charge in [0.25, 0.3) is 0 Å². The van der Waals surface area contributed by atoms with E-state index >= 15 is 0 Å². The zero-order valence-electron chi connectivity index (χ0n) is 10.7. The van der Waals surface area contributed by atoms with Gasteiger partial charge in [-0.25, -0.2) is 9.50 Å². The normalized spacial score (nSPS) is 17.3. The summed E-state index contributed by atoms with van der Waals surface area (Å²) in [5, 5.41) is 9.06. The van der Waals surface area contributed by atoms with Crippen LogP contribution in [0.15, 0.2) is 36.5 Å². The summed E-state index contributed by atoms with van der Waals surface area (Å²) in [7, 11) is 0. The number of piperidine rings is 1. The van der Waals surface area contributed by atoms with Crippen LogP contribution in [-0.4, -0.2) is 27.7 Å². The van der Waals surface area contributed by atoms with Crippen molar-refractivity contribution in [2.75, 3.05) is 13.1 Å². The molecule has 4 rings (SSSR count). The van der Waals surface area contributed by atoms with Crippen molar-refractivity contribution < 1.29 is 0 Å². The topological polar surface area (TPSA) is 42.2 Å². The second kappa shape index (κ2) is 4.31. The van der Waals surface area contributed by atoms with Gasteiger partial charge in [0.1, 0.15) is 5.82 Å². The lowest BCUT2D eigenvalue weighted by molar-refractivity contribution is 0.439. The third-order valence-corrected chi connectivity index (χ3v) is 3.98. The third kappa shape index (κ3) is 1.71. The Balaban J connectivity index is 1.99. The van der Waals surface area contributed by atoms with E-state index in [4.69, 9.17) is 4.98 Å². The molecular weight excluding hydrogens is 236 g/mol. The Morgan fingerprint density at radius 1 is 1.11 bits per heavy atom. The van der Waals surface area contributed by atoms with Gasteiger partial charge in [-0.2, -0.15) is 5.10 Å². The Morgan fingerprint density at radius 3 is 2.84 bits per heavy atom. The van der Waals surface area contributed by atoms with Gasteiger partial charge >= 0.3 is 0 Å². The first-order valence-electron chi connectivity index (χ1n) is 6.86. The van der Waals surface area contributed by atoms with Gasteiger partial charge in [0.05, 0.1) is 17.2 Å². The van der Waals surface area contributed by atoms with E-state index < -0.39 is 0 Å². The average molecular weight is 252 g/mol. The van der Waals surface area contributed by atoms with Gasteiger partial charge in [-0.3, -0.25) is 0 Å². The van der Waals surface area contributed by atoms with Gasteiger partial charge < -0.3 is 5.32 Å². The van der Waals surface area contributed by atoms with E-state index in [2.05, 4.69) is 40.7 Å². The van der Waals surface area contributed by atoms with Crippen LogP contribution in [0.5, 0.6) is 0 Å². The molecule has 1 aliphatic heterocycles. The fraction of sp³-hybridized carbons (Fsp3) is 0.333. The van der Waals surface area contributed by atoms with Gasteiger partial charge in [-0.05, 0) is 38.1 Å². The van der Waals surface area contributed by atoms with E-state index in [1.54, 1.807) is 0 Å². The van der Waals surface area contributed by atoms with Crippen LogP contribution in [0.25, 0.3) is 16.4 Å². The van der Waals surface area contributed by atoms with Gasteiger partial charge in [0.15, 0.2) is 0 Å². The molecule has 0 radical (unpaired) electrons. The lowest BCUT2D eigenvalue weighted by Crippen LogP contribution is -2.28. The lowest BCUT2D eigenvalue weighted by atomic mass is 9.97. The molecule has 0 saturated carbocycles. The van der Waals surface area contributed by atoms with E-state index in [9.17, 15) is 0 Å². The highest BCUT2D eigenvalue weighted by Crippen LogP contribution is 2.27. The first-order valence-corrected chi connectivity index (χ1v) is 6.86. The molecule has 3 aromatic rings. The minimum Gasteiger partial charge on any atom is -0.317 e. The molecule has 3 heterocycles. The molecular formula is C15H16N4. The molecule has 1 aromatic carbocycles. The highest BCUT2D eigenvalue weighted by atomic mass is 15.3. The van der Waals surface area contributed by atoms with Crippen LogP contribution in [0, 0.1) is 0 Å². The zero-order valence-corrected chi connectivity index (χ0v) is 10.7. The summed E-state index contributed by atoms with van der Waals surface area (Å²) >= 11 is 0. The predicted octanol–water partition coefficient (Wildman–Crippen LogP) is 2.35. The van der Waals surface area contributed by atoms with Crippen molar-refractivity contribution in [3.8, 4) is 0 Å². The van der Waals surface area contributed by atoms with E-state index in [1.165, 1.54) is 10.9 Å². The van der Waals surface area contributed by atoms with Gasteiger partial charge in [-0.15, -0.1) is 0 Å². The van der Waals surface area contributed by atoms with Gasteiger partial charge in [0, 0.05) is 11.3 Å². The average Bonchev–Trinajstić information content (AvgIpc) is 2.97. The van der Waals surface area contributed by atoms with E-state index in [0.29, 0.717) is 5.92 Å².